The summed E-state index contributed by atoms with van der Waals surface area (Å²) >= 11 is 0. The Bertz CT molecular complexity index is 251. The number of nitrogens with zero attached hydrogens (tertiary/aromatic N) is 3. The van der Waals surface area contributed by atoms with E-state index in [4.69, 9.17) is 0 Å². The molecule has 0 radical (unpaired) electrons. The molecule has 0 spiro atoms. The van der Waals surface area contributed by atoms with Gasteiger partial charge in [-0.1, -0.05) is 18.6 Å². The van der Waals surface area contributed by atoms with Crippen molar-refractivity contribution in [3.05, 3.63) is 0 Å². The van der Waals surface area contributed by atoms with Crippen LogP contribution in [0.2, 0.25) is 0 Å². The minimum Gasteiger partial charge on any atom is -0.273 e. The van der Waals surface area contributed by atoms with Crippen molar-refractivity contribution < 1.29 is 0 Å². The van der Waals surface area contributed by atoms with Gasteiger partial charge in [0.05, 0.1) is 12.1 Å². The summed E-state index contributed by atoms with van der Waals surface area (Å²) in [4.78, 5) is 0. The topological polar surface area (TPSA) is 28.0 Å². The van der Waals surface area contributed by atoms with Crippen LogP contribution in [0.25, 0.3) is 0 Å². The summed E-state index contributed by atoms with van der Waals surface area (Å²) in [5.41, 5.74) is 0. The smallest absolute Gasteiger partial charge is 0.0980 e. The van der Waals surface area contributed by atoms with Crippen LogP contribution in [-0.4, -0.2) is 23.6 Å². The molecule has 0 unspecified atom stereocenters. The molecule has 0 saturated heterocycles. The van der Waals surface area contributed by atoms with Crippen molar-refractivity contribution >= 4 is 0 Å². The van der Waals surface area contributed by atoms with E-state index in [1.54, 1.807) is 0 Å². The Morgan fingerprint density at radius 3 is 3.00 bits per heavy atom. The van der Waals surface area contributed by atoms with Crippen molar-refractivity contribution in [1.82, 2.24) is 5.01 Å². The molecule has 3 rings (SSSR count). The Labute approximate surface area is 85.5 Å². The summed E-state index contributed by atoms with van der Waals surface area (Å²) in [7, 11) is 0. The molecule has 0 aromatic heterocycles. The minimum absolute atomic E-state index is 0.575. The lowest BCUT2D eigenvalue weighted by molar-refractivity contribution is 0.167. The standard InChI is InChI=1S/C11H19N3/c1-2-3-6-14-11-9-5-4-8(7-9)10(11)12-13-14/h8-11H,2-7H2,1H3/t8-,9+,10+,11-/m0/s1. The minimum atomic E-state index is 0.575. The lowest BCUT2D eigenvalue weighted by Crippen LogP contribution is -2.39. The van der Waals surface area contributed by atoms with Crippen LogP contribution in [0.5, 0.6) is 0 Å². The van der Waals surface area contributed by atoms with E-state index in [-0.39, 0.29) is 0 Å². The molecule has 1 aliphatic heterocycles. The molecule has 78 valence electrons. The van der Waals surface area contributed by atoms with Crippen molar-refractivity contribution in [3.63, 3.8) is 0 Å². The first kappa shape index (κ1) is 8.69. The Hall–Kier alpha value is -0.600. The zero-order valence-electron chi connectivity index (χ0n) is 8.89. The summed E-state index contributed by atoms with van der Waals surface area (Å²) in [6, 6.07) is 1.27. The van der Waals surface area contributed by atoms with Crippen LogP contribution < -0.4 is 0 Å². The lowest BCUT2D eigenvalue weighted by Gasteiger charge is -2.28. The zero-order chi connectivity index (χ0) is 9.54. The van der Waals surface area contributed by atoms with E-state index in [0.717, 1.165) is 18.4 Å². The van der Waals surface area contributed by atoms with Crippen LogP contribution >= 0.6 is 0 Å². The Morgan fingerprint density at radius 1 is 1.29 bits per heavy atom. The molecule has 3 aliphatic rings. The van der Waals surface area contributed by atoms with Gasteiger partial charge in [0.25, 0.3) is 0 Å². The van der Waals surface area contributed by atoms with Crippen molar-refractivity contribution in [2.75, 3.05) is 6.54 Å². The number of hydrogen-bond donors (Lipinski definition) is 0. The molecule has 14 heavy (non-hydrogen) atoms. The first-order valence-corrected chi connectivity index (χ1v) is 6.07. The normalized spacial score (nSPS) is 43.6. The molecule has 2 bridgehead atoms. The van der Waals surface area contributed by atoms with Gasteiger partial charge in [-0.05, 0) is 37.5 Å². The van der Waals surface area contributed by atoms with Crippen LogP contribution in [0.3, 0.4) is 0 Å². The Balaban J connectivity index is 1.70. The van der Waals surface area contributed by atoms with Crippen LogP contribution in [0.4, 0.5) is 0 Å². The summed E-state index contributed by atoms with van der Waals surface area (Å²) in [6.07, 6.45) is 6.79. The van der Waals surface area contributed by atoms with Crippen LogP contribution in [0.15, 0.2) is 10.3 Å². The van der Waals surface area contributed by atoms with Gasteiger partial charge in [-0.15, -0.1) is 0 Å². The third-order valence-electron chi connectivity index (χ3n) is 4.21. The quantitative estimate of drug-likeness (QED) is 0.677. The van der Waals surface area contributed by atoms with Gasteiger partial charge in [-0.25, -0.2) is 0 Å². The monoisotopic (exact) mass is 193 g/mol. The second kappa shape index (κ2) is 3.21. The molecule has 3 heteroatoms. The molecule has 2 fully saturated rings. The summed E-state index contributed by atoms with van der Waals surface area (Å²) < 4.78 is 0. The fraction of sp³-hybridized carbons (Fsp3) is 1.00. The first-order chi connectivity index (χ1) is 6.90. The number of unbranched alkanes of at least 4 members (excludes halogenated alkanes) is 1. The third-order valence-corrected chi connectivity index (χ3v) is 4.21. The van der Waals surface area contributed by atoms with Gasteiger partial charge in [-0.3, -0.25) is 5.01 Å². The fourth-order valence-electron chi connectivity index (χ4n) is 3.51. The van der Waals surface area contributed by atoms with Gasteiger partial charge in [0.1, 0.15) is 0 Å². The van der Waals surface area contributed by atoms with E-state index in [1.165, 1.54) is 32.1 Å². The highest BCUT2D eigenvalue weighted by Gasteiger charge is 2.52. The molecular weight excluding hydrogens is 174 g/mol. The number of hydrogen-bond acceptors (Lipinski definition) is 3. The molecule has 0 amide bonds. The maximum Gasteiger partial charge on any atom is 0.0980 e. The molecule has 2 saturated carbocycles. The van der Waals surface area contributed by atoms with Crippen molar-refractivity contribution in [2.24, 2.45) is 22.2 Å². The Kier molecular flexibility index (Phi) is 1.99. The fourth-order valence-corrected chi connectivity index (χ4v) is 3.51. The van der Waals surface area contributed by atoms with E-state index in [0.29, 0.717) is 12.1 Å². The molecule has 1 heterocycles. The third kappa shape index (κ3) is 1.11. The van der Waals surface area contributed by atoms with Crippen molar-refractivity contribution in [3.8, 4) is 0 Å². The van der Waals surface area contributed by atoms with Gasteiger partial charge in [0.15, 0.2) is 0 Å². The average Bonchev–Trinajstić information content (AvgIpc) is 2.87. The SMILES string of the molecule is CCCCN1N=N[C@@H]2[C@H]3CC[C@H](C3)[C@@H]21. The van der Waals surface area contributed by atoms with Gasteiger partial charge < -0.3 is 0 Å². The van der Waals surface area contributed by atoms with Gasteiger partial charge in [-0.2, -0.15) is 5.11 Å². The zero-order valence-corrected chi connectivity index (χ0v) is 8.89. The molecule has 0 aromatic carbocycles. The summed E-state index contributed by atoms with van der Waals surface area (Å²) in [6.45, 7) is 3.37. The Morgan fingerprint density at radius 2 is 2.14 bits per heavy atom. The highest BCUT2D eigenvalue weighted by molar-refractivity contribution is 5.06. The highest BCUT2D eigenvalue weighted by atomic mass is 15.6. The second-order valence-corrected chi connectivity index (χ2v) is 5.04. The summed E-state index contributed by atoms with van der Waals surface area (Å²) in [5.74, 6) is 1.79. The molecule has 2 aliphatic carbocycles. The van der Waals surface area contributed by atoms with E-state index < -0.39 is 0 Å². The van der Waals surface area contributed by atoms with Crippen molar-refractivity contribution in [2.45, 2.75) is 51.1 Å². The average molecular weight is 193 g/mol. The maximum atomic E-state index is 4.47. The summed E-state index contributed by atoms with van der Waals surface area (Å²) in [5, 5.41) is 11.1. The maximum absolute atomic E-state index is 4.47. The number of rotatable bonds is 3. The molecule has 4 atom stereocenters. The van der Waals surface area contributed by atoms with Crippen molar-refractivity contribution in [1.29, 1.82) is 0 Å². The van der Waals surface area contributed by atoms with Crippen LogP contribution in [-0.2, 0) is 0 Å². The van der Waals surface area contributed by atoms with Gasteiger partial charge in [0, 0.05) is 6.54 Å². The first-order valence-electron chi connectivity index (χ1n) is 6.07. The largest absolute Gasteiger partial charge is 0.273 e. The van der Waals surface area contributed by atoms with Gasteiger partial charge in [0.2, 0.25) is 0 Å². The number of fused-ring (bicyclic) bond motifs is 5. The predicted molar refractivity (Wildman–Crippen MR) is 54.9 cm³/mol. The second-order valence-electron chi connectivity index (χ2n) is 5.04. The molecular formula is C11H19N3. The van der Waals surface area contributed by atoms with Crippen LogP contribution in [0.1, 0.15) is 39.0 Å². The van der Waals surface area contributed by atoms with Crippen LogP contribution in [0, 0.1) is 11.8 Å². The van der Waals surface area contributed by atoms with E-state index in [1.807, 2.05) is 0 Å². The molecule has 0 N–H and O–H groups in total. The molecule has 3 nitrogen and oxygen atoms in total. The van der Waals surface area contributed by atoms with E-state index in [9.17, 15) is 0 Å². The van der Waals surface area contributed by atoms with Gasteiger partial charge >= 0.3 is 0 Å². The highest BCUT2D eigenvalue weighted by Crippen LogP contribution is 2.50. The lowest BCUT2D eigenvalue weighted by atomic mass is 9.91. The predicted octanol–water partition coefficient (Wildman–Crippen LogP) is 2.64. The molecule has 0 aromatic rings. The van der Waals surface area contributed by atoms with E-state index in [2.05, 4.69) is 22.3 Å². The van der Waals surface area contributed by atoms with E-state index >= 15 is 0 Å².